The van der Waals surface area contributed by atoms with Crippen LogP contribution in [0.1, 0.15) is 5.56 Å². The van der Waals surface area contributed by atoms with E-state index in [1.807, 2.05) is 0 Å². The highest BCUT2D eigenvalue weighted by molar-refractivity contribution is 6.31. The molecule has 0 spiro atoms. The minimum Gasteiger partial charge on any atom is -0.359 e. The number of alkyl halides is 3. The molecule has 0 aliphatic rings. The molecule has 1 aromatic carbocycles. The van der Waals surface area contributed by atoms with Gasteiger partial charge in [-0.1, -0.05) is 17.7 Å². The number of pyridine rings is 1. The quantitative estimate of drug-likeness (QED) is 0.762. The monoisotopic (exact) mass is 247 g/mol. The van der Waals surface area contributed by atoms with Crippen molar-refractivity contribution in [1.82, 2.24) is 4.98 Å². The van der Waals surface area contributed by atoms with Crippen molar-refractivity contribution in [2.45, 2.75) is 6.18 Å². The summed E-state index contributed by atoms with van der Waals surface area (Å²) in [5.74, 6) is 0. The molecule has 0 aliphatic heterocycles. The fraction of sp³-hybridized carbons (Fsp3) is 0.100. The van der Waals surface area contributed by atoms with E-state index in [1.165, 1.54) is 12.1 Å². The number of hydrogen-bond donors (Lipinski definition) is 1. The molecule has 0 saturated carbocycles. The fourth-order valence-electron chi connectivity index (χ4n) is 1.46. The Bertz CT molecular complexity index is 603. The second kappa shape index (κ2) is 3.52. The van der Waals surface area contributed by atoms with Gasteiger partial charge < -0.3 is 4.98 Å². The number of H-pyrrole nitrogens is 1. The van der Waals surface area contributed by atoms with Gasteiger partial charge in [0.25, 0.3) is 0 Å². The summed E-state index contributed by atoms with van der Waals surface area (Å²) < 4.78 is 37.8. The smallest absolute Gasteiger partial charge is 0.359 e. The second-order valence-electron chi connectivity index (χ2n) is 3.19. The summed E-state index contributed by atoms with van der Waals surface area (Å²) in [4.78, 5) is 13.9. The van der Waals surface area contributed by atoms with Gasteiger partial charge in [-0.15, -0.1) is 0 Å². The Morgan fingerprint density at radius 1 is 1.25 bits per heavy atom. The molecule has 0 radical (unpaired) electrons. The minimum absolute atomic E-state index is 0.0673. The second-order valence-corrected chi connectivity index (χ2v) is 3.60. The number of halogens is 4. The van der Waals surface area contributed by atoms with Gasteiger partial charge in [-0.3, -0.25) is 4.79 Å². The number of hydrogen-bond acceptors (Lipinski definition) is 1. The molecule has 1 N–H and O–H groups in total. The standard InChI is InChI=1S/C10H5ClF3NO/c11-7-4-15-8-5(9(7)16)2-1-3-6(8)10(12,13)14/h1-4H,(H,15,16). The SMILES string of the molecule is O=c1c(Cl)c[nH]c2c(C(F)(F)F)cccc12. The molecule has 0 atom stereocenters. The largest absolute Gasteiger partial charge is 0.418 e. The van der Waals surface area contributed by atoms with Crippen molar-refractivity contribution in [3.8, 4) is 0 Å². The lowest BCUT2D eigenvalue weighted by atomic mass is 10.1. The molecule has 1 heterocycles. The molecule has 16 heavy (non-hydrogen) atoms. The first kappa shape index (κ1) is 11.0. The lowest BCUT2D eigenvalue weighted by Gasteiger charge is -2.09. The number of fused-ring (bicyclic) bond motifs is 1. The zero-order chi connectivity index (χ0) is 11.9. The van der Waals surface area contributed by atoms with Crippen molar-refractivity contribution in [2.24, 2.45) is 0 Å². The van der Waals surface area contributed by atoms with Crippen molar-refractivity contribution in [1.29, 1.82) is 0 Å². The van der Waals surface area contributed by atoms with Crippen LogP contribution in [0.5, 0.6) is 0 Å². The van der Waals surface area contributed by atoms with Crippen LogP contribution in [0.15, 0.2) is 29.2 Å². The van der Waals surface area contributed by atoms with Gasteiger partial charge in [-0.05, 0) is 12.1 Å². The fourth-order valence-corrected chi connectivity index (χ4v) is 1.62. The Labute approximate surface area is 92.7 Å². The van der Waals surface area contributed by atoms with Crippen LogP contribution in [0.25, 0.3) is 10.9 Å². The molecule has 0 unspecified atom stereocenters. The van der Waals surface area contributed by atoms with Crippen molar-refractivity contribution in [3.05, 3.63) is 45.2 Å². The topological polar surface area (TPSA) is 32.9 Å². The lowest BCUT2D eigenvalue weighted by Crippen LogP contribution is -2.10. The summed E-state index contributed by atoms with van der Waals surface area (Å²) in [7, 11) is 0. The molecule has 2 nitrogen and oxygen atoms in total. The van der Waals surface area contributed by atoms with Gasteiger partial charge in [0.2, 0.25) is 5.43 Å². The Kier molecular flexibility index (Phi) is 2.42. The molecule has 2 aromatic rings. The van der Waals surface area contributed by atoms with Crippen molar-refractivity contribution < 1.29 is 13.2 Å². The average Bonchev–Trinajstić information content (AvgIpc) is 2.21. The zero-order valence-corrected chi connectivity index (χ0v) is 8.49. The number of aromatic nitrogens is 1. The maximum atomic E-state index is 12.6. The van der Waals surface area contributed by atoms with Crippen LogP contribution in [0, 0.1) is 0 Å². The molecule has 0 amide bonds. The molecule has 6 heteroatoms. The summed E-state index contributed by atoms with van der Waals surface area (Å²) in [6.07, 6.45) is -3.45. The van der Waals surface area contributed by atoms with Gasteiger partial charge >= 0.3 is 6.18 Å². The van der Waals surface area contributed by atoms with E-state index in [9.17, 15) is 18.0 Å². The van der Waals surface area contributed by atoms with E-state index in [4.69, 9.17) is 11.6 Å². The summed E-state index contributed by atoms with van der Waals surface area (Å²) in [5.41, 5.74) is -1.73. The van der Waals surface area contributed by atoms with Crippen LogP contribution in [-0.2, 0) is 6.18 Å². The minimum atomic E-state index is -4.50. The molecule has 0 aliphatic carbocycles. The Morgan fingerprint density at radius 3 is 2.56 bits per heavy atom. The van der Waals surface area contributed by atoms with E-state index in [0.717, 1.165) is 12.3 Å². The first-order valence-corrected chi connectivity index (χ1v) is 4.66. The number of rotatable bonds is 0. The predicted octanol–water partition coefficient (Wildman–Crippen LogP) is 3.20. The van der Waals surface area contributed by atoms with E-state index in [-0.39, 0.29) is 15.9 Å². The van der Waals surface area contributed by atoms with Gasteiger partial charge in [0.1, 0.15) is 5.02 Å². The van der Waals surface area contributed by atoms with Crippen molar-refractivity contribution in [2.75, 3.05) is 0 Å². The van der Waals surface area contributed by atoms with Crippen molar-refractivity contribution in [3.63, 3.8) is 0 Å². The molecular weight excluding hydrogens is 243 g/mol. The van der Waals surface area contributed by atoms with E-state index in [1.54, 1.807) is 0 Å². The number of para-hydroxylation sites is 1. The van der Waals surface area contributed by atoms with Gasteiger partial charge in [-0.25, -0.2) is 0 Å². The lowest BCUT2D eigenvalue weighted by molar-refractivity contribution is -0.136. The average molecular weight is 248 g/mol. The van der Waals surface area contributed by atoms with E-state index < -0.39 is 17.2 Å². The van der Waals surface area contributed by atoms with Crippen LogP contribution in [0.2, 0.25) is 5.02 Å². The maximum absolute atomic E-state index is 12.6. The molecule has 0 bridgehead atoms. The van der Waals surface area contributed by atoms with E-state index >= 15 is 0 Å². The molecular formula is C10H5ClF3NO. The summed E-state index contributed by atoms with van der Waals surface area (Å²) >= 11 is 5.53. The predicted molar refractivity (Wildman–Crippen MR) is 54.6 cm³/mol. The summed E-state index contributed by atoms with van der Waals surface area (Å²) in [6.45, 7) is 0. The van der Waals surface area contributed by atoms with Crippen LogP contribution < -0.4 is 5.43 Å². The molecule has 84 valence electrons. The highest BCUT2D eigenvalue weighted by Gasteiger charge is 2.33. The summed E-state index contributed by atoms with van der Waals surface area (Å²) in [6, 6.07) is 3.39. The van der Waals surface area contributed by atoms with Gasteiger partial charge in [-0.2, -0.15) is 13.2 Å². The number of nitrogens with one attached hydrogen (secondary N) is 1. The summed E-state index contributed by atoms with van der Waals surface area (Å²) in [5, 5.41) is -0.200. The molecule has 1 aromatic heterocycles. The highest BCUT2D eigenvalue weighted by Crippen LogP contribution is 2.33. The van der Waals surface area contributed by atoms with Crippen LogP contribution in [0.3, 0.4) is 0 Å². The van der Waals surface area contributed by atoms with E-state index in [2.05, 4.69) is 4.98 Å². The Balaban J connectivity index is 2.91. The first-order valence-electron chi connectivity index (χ1n) is 4.28. The molecule has 0 fully saturated rings. The van der Waals surface area contributed by atoms with Gasteiger partial charge in [0.05, 0.1) is 11.1 Å². The number of benzene rings is 1. The Hall–Kier alpha value is -1.49. The van der Waals surface area contributed by atoms with E-state index in [0.29, 0.717) is 0 Å². The van der Waals surface area contributed by atoms with Gasteiger partial charge in [0, 0.05) is 11.6 Å². The normalized spacial score (nSPS) is 12.0. The Morgan fingerprint density at radius 2 is 1.94 bits per heavy atom. The molecule has 2 rings (SSSR count). The third-order valence-electron chi connectivity index (χ3n) is 2.17. The third kappa shape index (κ3) is 1.67. The van der Waals surface area contributed by atoms with Gasteiger partial charge in [0.15, 0.2) is 0 Å². The maximum Gasteiger partial charge on any atom is 0.418 e. The van der Waals surface area contributed by atoms with Crippen LogP contribution >= 0.6 is 11.6 Å². The van der Waals surface area contributed by atoms with Crippen LogP contribution in [-0.4, -0.2) is 4.98 Å². The first-order chi connectivity index (χ1) is 7.41. The zero-order valence-electron chi connectivity index (χ0n) is 7.73. The third-order valence-corrected chi connectivity index (χ3v) is 2.46. The van der Waals surface area contributed by atoms with Crippen molar-refractivity contribution >= 4 is 22.5 Å². The van der Waals surface area contributed by atoms with Crippen LogP contribution in [0.4, 0.5) is 13.2 Å². The highest BCUT2D eigenvalue weighted by atomic mass is 35.5. The number of aromatic amines is 1. The molecule has 0 saturated heterocycles.